The molecular weight excluding hydrogens is 290 g/mol. The first-order chi connectivity index (χ1) is 10.0. The average Bonchev–Trinajstić information content (AvgIpc) is 2.48. The molecule has 0 aliphatic heterocycles. The van der Waals surface area contributed by atoms with E-state index in [1.165, 1.54) is 0 Å². The highest BCUT2D eigenvalue weighted by atomic mass is 32.2. The summed E-state index contributed by atoms with van der Waals surface area (Å²) in [5, 5.41) is 9.45. The van der Waals surface area contributed by atoms with Crippen molar-refractivity contribution < 1.29 is 18.3 Å². The molecule has 1 aromatic carbocycles. The van der Waals surface area contributed by atoms with Crippen molar-refractivity contribution in [2.75, 3.05) is 6.61 Å². The predicted octanol–water partition coefficient (Wildman–Crippen LogP) is 2.06. The molecule has 1 saturated carbocycles. The van der Waals surface area contributed by atoms with Gasteiger partial charge in [0.05, 0.1) is 17.6 Å². The van der Waals surface area contributed by atoms with Crippen molar-refractivity contribution in [2.45, 2.75) is 56.1 Å². The number of nitrogens with one attached hydrogen (secondary N) is 1. The second kappa shape index (κ2) is 7.24. The maximum Gasteiger partial charge on any atom is 0.240 e. The highest BCUT2D eigenvalue weighted by Crippen LogP contribution is 2.21. The van der Waals surface area contributed by atoms with Crippen molar-refractivity contribution in [3.8, 4) is 5.75 Å². The lowest BCUT2D eigenvalue weighted by molar-refractivity contribution is 0.120. The van der Waals surface area contributed by atoms with E-state index < -0.39 is 10.0 Å². The van der Waals surface area contributed by atoms with E-state index in [0.29, 0.717) is 38.0 Å². The Kier molecular flexibility index (Phi) is 5.61. The summed E-state index contributed by atoms with van der Waals surface area (Å²) >= 11 is 0. The highest BCUT2D eigenvalue weighted by Gasteiger charge is 2.24. The van der Waals surface area contributed by atoms with Crippen molar-refractivity contribution in [1.29, 1.82) is 0 Å². The largest absolute Gasteiger partial charge is 0.494 e. The van der Waals surface area contributed by atoms with Gasteiger partial charge in [-0.15, -0.1) is 0 Å². The molecule has 21 heavy (non-hydrogen) atoms. The molecule has 0 saturated heterocycles. The summed E-state index contributed by atoms with van der Waals surface area (Å²) in [6, 6.07) is 6.38. The minimum Gasteiger partial charge on any atom is -0.494 e. The molecule has 0 amide bonds. The molecule has 0 unspecified atom stereocenters. The lowest BCUT2D eigenvalue weighted by Gasteiger charge is -2.25. The lowest BCUT2D eigenvalue weighted by atomic mass is 9.94. The van der Waals surface area contributed by atoms with E-state index in [0.717, 1.165) is 6.42 Å². The van der Waals surface area contributed by atoms with E-state index in [4.69, 9.17) is 4.74 Å². The summed E-state index contributed by atoms with van der Waals surface area (Å²) in [6.07, 6.45) is 3.28. The number of sulfonamides is 1. The van der Waals surface area contributed by atoms with Crippen LogP contribution in [-0.4, -0.2) is 32.3 Å². The normalized spacial score (nSPS) is 23.0. The average molecular weight is 313 g/mol. The molecule has 2 rings (SSSR count). The Morgan fingerprint density at radius 3 is 2.38 bits per heavy atom. The number of hydrogen-bond acceptors (Lipinski definition) is 4. The zero-order chi connectivity index (χ0) is 15.3. The Morgan fingerprint density at radius 1 is 1.19 bits per heavy atom. The van der Waals surface area contributed by atoms with Gasteiger partial charge < -0.3 is 9.84 Å². The van der Waals surface area contributed by atoms with Crippen molar-refractivity contribution >= 4 is 10.0 Å². The molecule has 0 radical (unpaired) electrons. The van der Waals surface area contributed by atoms with Crippen molar-refractivity contribution in [1.82, 2.24) is 4.72 Å². The minimum atomic E-state index is -3.50. The summed E-state index contributed by atoms with van der Waals surface area (Å²) in [5.41, 5.74) is 0. The molecule has 1 aliphatic rings. The molecule has 118 valence electrons. The summed E-state index contributed by atoms with van der Waals surface area (Å²) in [6.45, 7) is 2.64. The van der Waals surface area contributed by atoms with Crippen LogP contribution < -0.4 is 9.46 Å². The maximum absolute atomic E-state index is 12.3. The van der Waals surface area contributed by atoms with E-state index in [1.807, 2.05) is 6.92 Å². The number of aliphatic hydroxyl groups is 1. The van der Waals surface area contributed by atoms with Crippen LogP contribution in [-0.2, 0) is 10.0 Å². The third kappa shape index (κ3) is 4.69. The SMILES string of the molecule is CCCOc1ccc(S(=O)(=O)NC2CCC(O)CC2)cc1. The number of benzene rings is 1. The first-order valence-electron chi connectivity index (χ1n) is 7.44. The molecule has 1 aromatic rings. The van der Waals surface area contributed by atoms with E-state index in [-0.39, 0.29) is 17.0 Å². The fraction of sp³-hybridized carbons (Fsp3) is 0.600. The molecule has 5 nitrogen and oxygen atoms in total. The van der Waals surface area contributed by atoms with Gasteiger partial charge >= 0.3 is 0 Å². The summed E-state index contributed by atoms with van der Waals surface area (Å²) < 4.78 is 32.7. The summed E-state index contributed by atoms with van der Waals surface area (Å²) in [4.78, 5) is 0.248. The van der Waals surface area contributed by atoms with Gasteiger partial charge in [-0.2, -0.15) is 0 Å². The van der Waals surface area contributed by atoms with Crippen LogP contribution in [0.15, 0.2) is 29.2 Å². The van der Waals surface area contributed by atoms with Crippen molar-refractivity contribution in [3.63, 3.8) is 0 Å². The van der Waals surface area contributed by atoms with Gasteiger partial charge in [0, 0.05) is 6.04 Å². The van der Waals surface area contributed by atoms with Gasteiger partial charge in [0.1, 0.15) is 5.75 Å². The fourth-order valence-corrected chi connectivity index (χ4v) is 3.72. The molecular formula is C15H23NO4S. The Hall–Kier alpha value is -1.11. The van der Waals surface area contributed by atoms with Crippen LogP contribution >= 0.6 is 0 Å². The first-order valence-corrected chi connectivity index (χ1v) is 8.93. The number of aliphatic hydroxyl groups excluding tert-OH is 1. The zero-order valence-corrected chi connectivity index (χ0v) is 13.1. The van der Waals surface area contributed by atoms with Gasteiger partial charge in [-0.3, -0.25) is 0 Å². The Balaban J connectivity index is 1.98. The quantitative estimate of drug-likeness (QED) is 0.843. The van der Waals surface area contributed by atoms with Gasteiger partial charge in [0.25, 0.3) is 0 Å². The summed E-state index contributed by atoms with van der Waals surface area (Å²) in [7, 11) is -3.50. The second-order valence-electron chi connectivity index (χ2n) is 5.45. The van der Waals surface area contributed by atoms with Crippen molar-refractivity contribution in [3.05, 3.63) is 24.3 Å². The molecule has 0 bridgehead atoms. The zero-order valence-electron chi connectivity index (χ0n) is 12.3. The van der Waals surface area contributed by atoms with E-state index in [9.17, 15) is 13.5 Å². The topological polar surface area (TPSA) is 75.6 Å². The lowest BCUT2D eigenvalue weighted by Crippen LogP contribution is -2.38. The van der Waals surface area contributed by atoms with Gasteiger partial charge in [-0.1, -0.05) is 6.92 Å². The third-order valence-electron chi connectivity index (χ3n) is 3.63. The second-order valence-corrected chi connectivity index (χ2v) is 7.16. The van der Waals surface area contributed by atoms with Crippen LogP contribution in [0.5, 0.6) is 5.75 Å². The van der Waals surface area contributed by atoms with Gasteiger partial charge in [0.2, 0.25) is 10.0 Å². The molecule has 6 heteroatoms. The van der Waals surface area contributed by atoms with Crippen LogP contribution in [0.25, 0.3) is 0 Å². The number of hydrogen-bond donors (Lipinski definition) is 2. The molecule has 1 fully saturated rings. The molecule has 2 N–H and O–H groups in total. The van der Waals surface area contributed by atoms with Crippen molar-refractivity contribution in [2.24, 2.45) is 0 Å². The third-order valence-corrected chi connectivity index (χ3v) is 5.16. The van der Waals surface area contributed by atoms with Gasteiger partial charge in [0.15, 0.2) is 0 Å². The van der Waals surface area contributed by atoms with E-state index in [1.54, 1.807) is 24.3 Å². The molecule has 0 spiro atoms. The van der Waals surface area contributed by atoms with E-state index in [2.05, 4.69) is 4.72 Å². The molecule has 1 aliphatic carbocycles. The fourth-order valence-electron chi connectivity index (χ4n) is 2.42. The predicted molar refractivity (Wildman–Crippen MR) is 80.8 cm³/mol. The van der Waals surface area contributed by atoms with Crippen LogP contribution in [0.2, 0.25) is 0 Å². The minimum absolute atomic E-state index is 0.0885. The van der Waals surface area contributed by atoms with Crippen LogP contribution in [0.4, 0.5) is 0 Å². The summed E-state index contributed by atoms with van der Waals surface area (Å²) in [5.74, 6) is 0.677. The number of rotatable bonds is 6. The smallest absolute Gasteiger partial charge is 0.240 e. The highest BCUT2D eigenvalue weighted by molar-refractivity contribution is 7.89. The van der Waals surface area contributed by atoms with Gasteiger partial charge in [-0.05, 0) is 56.4 Å². The van der Waals surface area contributed by atoms with Crippen LogP contribution in [0.3, 0.4) is 0 Å². The van der Waals surface area contributed by atoms with E-state index >= 15 is 0 Å². The van der Waals surface area contributed by atoms with Gasteiger partial charge in [-0.25, -0.2) is 13.1 Å². The maximum atomic E-state index is 12.3. The standard InChI is InChI=1S/C15H23NO4S/c1-2-11-20-14-7-9-15(10-8-14)21(18,19)16-12-3-5-13(17)6-4-12/h7-10,12-13,16-17H,2-6,11H2,1H3. The van der Waals surface area contributed by atoms with Crippen LogP contribution in [0.1, 0.15) is 39.0 Å². The molecule has 0 atom stereocenters. The number of ether oxygens (including phenoxy) is 1. The first kappa shape index (κ1) is 16.3. The van der Waals surface area contributed by atoms with Crippen LogP contribution in [0, 0.1) is 0 Å². The Bertz CT molecular complexity index is 533. The molecule has 0 aromatic heterocycles. The Labute approximate surface area is 126 Å². The monoisotopic (exact) mass is 313 g/mol. The Morgan fingerprint density at radius 2 is 1.81 bits per heavy atom. The molecule has 0 heterocycles.